The van der Waals surface area contributed by atoms with Crippen LogP contribution in [-0.4, -0.2) is 23.8 Å². The van der Waals surface area contributed by atoms with Crippen molar-refractivity contribution in [1.29, 1.82) is 0 Å². The minimum atomic E-state index is -0.478. The van der Waals surface area contributed by atoms with Crippen LogP contribution >= 0.6 is 0 Å². The van der Waals surface area contributed by atoms with Gasteiger partial charge in [0, 0.05) is 4.92 Å². The van der Waals surface area contributed by atoms with Crippen molar-refractivity contribution in [2.75, 3.05) is 13.1 Å². The minimum Gasteiger partial charge on any atom is -0.382 e. The van der Waals surface area contributed by atoms with E-state index in [1.54, 1.807) is 0 Å². The Hall–Kier alpha value is -1.65. The highest BCUT2D eigenvalue weighted by molar-refractivity contribution is 5.81. The van der Waals surface area contributed by atoms with Gasteiger partial charge in [-0.15, -0.1) is 0 Å². The van der Waals surface area contributed by atoms with Gasteiger partial charge in [0.15, 0.2) is 5.84 Å². The fourth-order valence-electron chi connectivity index (χ4n) is 1.16. The molecule has 0 amide bonds. The summed E-state index contributed by atoms with van der Waals surface area (Å²) in [4.78, 5) is 13.5. The Kier molecular flexibility index (Phi) is 3.84. The van der Waals surface area contributed by atoms with Crippen LogP contribution in [0.2, 0.25) is 0 Å². The summed E-state index contributed by atoms with van der Waals surface area (Å²) in [6.45, 7) is 0.104. The Labute approximate surface area is 82.2 Å². The molecule has 0 unspecified atom stereocenters. The molecule has 0 aromatic rings. The van der Waals surface area contributed by atoms with Crippen LogP contribution in [0.5, 0.6) is 0 Å². The number of allylic oxidation sites excluding steroid dienone is 3. The van der Waals surface area contributed by atoms with E-state index in [0.717, 1.165) is 12.8 Å². The third-order valence-corrected chi connectivity index (χ3v) is 1.87. The van der Waals surface area contributed by atoms with E-state index in [-0.39, 0.29) is 12.4 Å². The topological polar surface area (TPSA) is 81.5 Å². The van der Waals surface area contributed by atoms with E-state index in [1.807, 2.05) is 0 Å². The van der Waals surface area contributed by atoms with E-state index < -0.39 is 4.92 Å². The van der Waals surface area contributed by atoms with Crippen molar-refractivity contribution in [2.45, 2.75) is 12.8 Å². The van der Waals surface area contributed by atoms with Crippen LogP contribution in [0.25, 0.3) is 0 Å². The first-order chi connectivity index (χ1) is 6.68. The van der Waals surface area contributed by atoms with Crippen molar-refractivity contribution < 1.29 is 4.92 Å². The number of hydrogen-bond acceptors (Lipinski definition) is 3. The molecule has 0 heterocycles. The fourth-order valence-corrected chi connectivity index (χ4v) is 1.16. The monoisotopic (exact) mass is 195 g/mol. The number of nitrogens with zero attached hydrogens (tertiary/aromatic N) is 2. The van der Waals surface area contributed by atoms with Gasteiger partial charge in [-0.1, -0.05) is 18.2 Å². The Balaban J connectivity index is 2.37. The van der Waals surface area contributed by atoms with Gasteiger partial charge in [-0.3, -0.25) is 15.1 Å². The maximum atomic E-state index is 10.1. The number of rotatable bonds is 4. The van der Waals surface area contributed by atoms with Crippen molar-refractivity contribution >= 4 is 5.84 Å². The highest BCUT2D eigenvalue weighted by Crippen LogP contribution is 2.10. The van der Waals surface area contributed by atoms with Crippen LogP contribution in [0.15, 0.2) is 28.8 Å². The molecule has 0 radical (unpaired) electrons. The van der Waals surface area contributed by atoms with Gasteiger partial charge in [0.25, 0.3) is 6.54 Å². The van der Waals surface area contributed by atoms with Gasteiger partial charge in [0.05, 0.1) is 6.54 Å². The first kappa shape index (κ1) is 10.4. The third-order valence-electron chi connectivity index (χ3n) is 1.87. The van der Waals surface area contributed by atoms with E-state index >= 15 is 0 Å². The molecular weight excluding hydrogens is 182 g/mol. The van der Waals surface area contributed by atoms with Gasteiger partial charge in [-0.05, 0) is 18.4 Å². The number of amidine groups is 1. The Morgan fingerprint density at radius 1 is 1.64 bits per heavy atom. The van der Waals surface area contributed by atoms with E-state index in [2.05, 4.69) is 23.2 Å². The Morgan fingerprint density at radius 3 is 3.00 bits per heavy atom. The number of nitrogens with two attached hydrogens (primary N) is 1. The molecule has 0 saturated heterocycles. The maximum absolute atomic E-state index is 10.1. The lowest BCUT2D eigenvalue weighted by molar-refractivity contribution is -0.463. The lowest BCUT2D eigenvalue weighted by Crippen LogP contribution is -2.23. The molecule has 0 aliphatic heterocycles. The summed E-state index contributed by atoms with van der Waals surface area (Å²) in [5, 5.41) is 10.1. The van der Waals surface area contributed by atoms with Gasteiger partial charge in [0.2, 0.25) is 0 Å². The summed E-state index contributed by atoms with van der Waals surface area (Å²) in [7, 11) is 0. The van der Waals surface area contributed by atoms with Crippen LogP contribution in [0, 0.1) is 10.1 Å². The number of hydrogen-bond donors (Lipinski definition) is 1. The molecular formula is C9H13N3O2. The minimum absolute atomic E-state index is 0.0884. The third kappa shape index (κ3) is 3.84. The fraction of sp³-hybridized carbons (Fsp3) is 0.444. The average Bonchev–Trinajstić information content (AvgIpc) is 2.15. The molecule has 1 rings (SSSR count). The first-order valence-electron chi connectivity index (χ1n) is 4.42. The lowest BCUT2D eigenvalue weighted by atomic mass is 10.1. The number of nitro groups is 1. The van der Waals surface area contributed by atoms with Crippen molar-refractivity contribution in [3.05, 3.63) is 33.9 Å². The molecule has 0 aromatic carbocycles. The van der Waals surface area contributed by atoms with E-state index in [1.165, 1.54) is 5.57 Å². The maximum Gasteiger partial charge on any atom is 0.259 e. The molecule has 14 heavy (non-hydrogen) atoms. The standard InChI is InChI=1S/C9H13N3O2/c10-9(7-12(13)14)11-6-8-4-2-1-3-5-8/h1-2,5H,3-4,6-7H2,(H2,10,11). The summed E-state index contributed by atoms with van der Waals surface area (Å²) < 4.78 is 0. The van der Waals surface area contributed by atoms with Crippen LogP contribution in [0.1, 0.15) is 12.8 Å². The molecule has 0 bridgehead atoms. The summed E-state index contributed by atoms with van der Waals surface area (Å²) >= 11 is 0. The van der Waals surface area contributed by atoms with Crippen molar-refractivity contribution in [2.24, 2.45) is 10.7 Å². The molecule has 5 nitrogen and oxygen atoms in total. The summed E-state index contributed by atoms with van der Waals surface area (Å²) in [6.07, 6.45) is 8.00. The van der Waals surface area contributed by atoms with E-state index in [9.17, 15) is 10.1 Å². The van der Waals surface area contributed by atoms with Gasteiger partial charge in [-0.2, -0.15) is 0 Å². The highest BCUT2D eigenvalue weighted by Gasteiger charge is 2.02. The molecule has 0 spiro atoms. The van der Waals surface area contributed by atoms with E-state index in [0.29, 0.717) is 6.54 Å². The summed E-state index contributed by atoms with van der Waals surface area (Å²) in [5.74, 6) is 0.0884. The van der Waals surface area contributed by atoms with Crippen molar-refractivity contribution in [1.82, 2.24) is 0 Å². The summed E-state index contributed by atoms with van der Waals surface area (Å²) in [5.41, 5.74) is 6.52. The van der Waals surface area contributed by atoms with Crippen LogP contribution in [0.3, 0.4) is 0 Å². The quantitative estimate of drug-likeness (QED) is 0.238. The normalized spacial score (nSPS) is 16.6. The average molecular weight is 195 g/mol. The zero-order chi connectivity index (χ0) is 10.4. The highest BCUT2D eigenvalue weighted by atomic mass is 16.6. The molecule has 0 aromatic heterocycles. The molecule has 0 fully saturated rings. The lowest BCUT2D eigenvalue weighted by Gasteiger charge is -2.04. The molecule has 76 valence electrons. The van der Waals surface area contributed by atoms with Crippen LogP contribution < -0.4 is 5.73 Å². The van der Waals surface area contributed by atoms with E-state index in [4.69, 9.17) is 5.73 Å². The number of aliphatic imine (C=N–C) groups is 1. The first-order valence-corrected chi connectivity index (χ1v) is 4.42. The zero-order valence-corrected chi connectivity index (χ0v) is 7.85. The second-order valence-electron chi connectivity index (χ2n) is 3.07. The molecule has 2 N–H and O–H groups in total. The van der Waals surface area contributed by atoms with Crippen LogP contribution in [0.4, 0.5) is 0 Å². The molecule has 1 aliphatic rings. The van der Waals surface area contributed by atoms with Crippen LogP contribution in [-0.2, 0) is 0 Å². The van der Waals surface area contributed by atoms with Gasteiger partial charge in [0.1, 0.15) is 0 Å². The largest absolute Gasteiger partial charge is 0.382 e. The predicted octanol–water partition coefficient (Wildman–Crippen LogP) is 0.897. The zero-order valence-electron chi connectivity index (χ0n) is 7.85. The Bertz CT molecular complexity index is 305. The molecule has 0 atom stereocenters. The van der Waals surface area contributed by atoms with Gasteiger partial charge in [-0.25, -0.2) is 0 Å². The van der Waals surface area contributed by atoms with Crippen molar-refractivity contribution in [3.8, 4) is 0 Å². The van der Waals surface area contributed by atoms with Crippen molar-refractivity contribution in [3.63, 3.8) is 0 Å². The smallest absolute Gasteiger partial charge is 0.259 e. The predicted molar refractivity (Wildman–Crippen MR) is 54.8 cm³/mol. The second-order valence-corrected chi connectivity index (χ2v) is 3.07. The molecule has 1 aliphatic carbocycles. The molecule has 0 saturated carbocycles. The second kappa shape index (κ2) is 5.16. The van der Waals surface area contributed by atoms with Gasteiger partial charge >= 0.3 is 0 Å². The van der Waals surface area contributed by atoms with Gasteiger partial charge < -0.3 is 5.73 Å². The summed E-state index contributed by atoms with van der Waals surface area (Å²) in [6, 6.07) is 0. The molecule has 5 heteroatoms. The Morgan fingerprint density at radius 2 is 2.43 bits per heavy atom. The SMILES string of the molecule is NC(C[N+](=O)[O-])=NCC1=CCC=CC1.